The molecular formula is C11H15N5S. The van der Waals surface area contributed by atoms with Crippen molar-refractivity contribution in [3.8, 4) is 0 Å². The summed E-state index contributed by atoms with van der Waals surface area (Å²) in [6.07, 6.45) is 1.74. The summed E-state index contributed by atoms with van der Waals surface area (Å²) in [6, 6.07) is 2.11. The molecule has 0 aliphatic carbocycles. The molecule has 17 heavy (non-hydrogen) atoms. The van der Waals surface area contributed by atoms with Crippen molar-refractivity contribution in [1.29, 1.82) is 0 Å². The Bertz CT molecular complexity index is 508. The van der Waals surface area contributed by atoms with E-state index in [1.807, 2.05) is 6.92 Å². The molecule has 2 heterocycles. The van der Waals surface area contributed by atoms with Crippen molar-refractivity contribution in [2.75, 3.05) is 10.7 Å². The Kier molecular flexibility index (Phi) is 3.55. The lowest BCUT2D eigenvalue weighted by Gasteiger charge is -2.09. The van der Waals surface area contributed by atoms with Gasteiger partial charge in [0.05, 0.1) is 6.54 Å². The first-order valence-electron chi connectivity index (χ1n) is 5.28. The van der Waals surface area contributed by atoms with Gasteiger partial charge in [-0.25, -0.2) is 10.8 Å². The number of hydrazine groups is 1. The maximum atomic E-state index is 5.28. The number of nitrogens with two attached hydrogens (primary N) is 1. The van der Waals surface area contributed by atoms with E-state index in [1.165, 1.54) is 10.4 Å². The van der Waals surface area contributed by atoms with E-state index < -0.39 is 0 Å². The number of rotatable bonds is 4. The van der Waals surface area contributed by atoms with E-state index in [2.05, 4.69) is 39.1 Å². The molecule has 0 saturated carbocycles. The summed E-state index contributed by atoms with van der Waals surface area (Å²) >= 11 is 1.74. The van der Waals surface area contributed by atoms with Crippen LogP contribution in [0.25, 0.3) is 0 Å². The smallest absolute Gasteiger partial charge is 0.239 e. The van der Waals surface area contributed by atoms with Crippen LogP contribution in [0.2, 0.25) is 0 Å². The van der Waals surface area contributed by atoms with Crippen LogP contribution in [0.15, 0.2) is 17.6 Å². The van der Waals surface area contributed by atoms with E-state index in [9.17, 15) is 0 Å². The highest BCUT2D eigenvalue weighted by Gasteiger charge is 2.04. The monoisotopic (exact) mass is 249 g/mol. The molecule has 0 spiro atoms. The van der Waals surface area contributed by atoms with Crippen LogP contribution in [-0.4, -0.2) is 9.97 Å². The zero-order valence-electron chi connectivity index (χ0n) is 9.82. The maximum Gasteiger partial charge on any atom is 0.239 e. The largest absolute Gasteiger partial charge is 0.365 e. The molecule has 0 saturated heterocycles. The molecule has 0 amide bonds. The summed E-state index contributed by atoms with van der Waals surface area (Å²) in [7, 11) is 0. The van der Waals surface area contributed by atoms with Gasteiger partial charge >= 0.3 is 0 Å². The number of nitrogens with zero attached hydrogens (tertiary/aromatic N) is 2. The van der Waals surface area contributed by atoms with E-state index in [4.69, 9.17) is 5.84 Å². The molecule has 0 aliphatic heterocycles. The first kappa shape index (κ1) is 11.8. The zero-order chi connectivity index (χ0) is 12.3. The summed E-state index contributed by atoms with van der Waals surface area (Å²) < 4.78 is 0. The first-order chi connectivity index (χ1) is 8.20. The Morgan fingerprint density at radius 1 is 1.35 bits per heavy atom. The average molecular weight is 249 g/mol. The van der Waals surface area contributed by atoms with Gasteiger partial charge in [-0.3, -0.25) is 5.43 Å². The SMILES string of the molecule is Cc1cnc(NN)nc1NCc1sccc1C. The standard InChI is InChI=1S/C11H15N5S/c1-7-3-4-17-9(7)6-13-10-8(2)5-14-11(15-10)16-12/h3-5H,6,12H2,1-2H3,(H2,13,14,15,16). The van der Waals surface area contributed by atoms with Crippen molar-refractivity contribution in [3.63, 3.8) is 0 Å². The van der Waals surface area contributed by atoms with Crippen LogP contribution in [-0.2, 0) is 6.54 Å². The van der Waals surface area contributed by atoms with Gasteiger partial charge < -0.3 is 5.32 Å². The number of nitrogens with one attached hydrogen (secondary N) is 2. The van der Waals surface area contributed by atoms with Gasteiger partial charge in [0.2, 0.25) is 5.95 Å². The third kappa shape index (κ3) is 2.72. The first-order valence-corrected chi connectivity index (χ1v) is 6.15. The van der Waals surface area contributed by atoms with Crippen molar-refractivity contribution in [3.05, 3.63) is 33.6 Å². The molecule has 0 atom stereocenters. The number of aryl methyl sites for hydroxylation is 2. The summed E-state index contributed by atoms with van der Waals surface area (Å²) in [5.74, 6) is 6.51. The Hall–Kier alpha value is -1.66. The number of hydrogen-bond acceptors (Lipinski definition) is 6. The van der Waals surface area contributed by atoms with Crippen molar-refractivity contribution in [2.45, 2.75) is 20.4 Å². The Morgan fingerprint density at radius 2 is 2.18 bits per heavy atom. The van der Waals surface area contributed by atoms with E-state index in [0.29, 0.717) is 5.95 Å². The predicted octanol–water partition coefficient (Wildman–Crippen LogP) is 2.05. The van der Waals surface area contributed by atoms with Crippen molar-refractivity contribution in [2.24, 2.45) is 5.84 Å². The maximum absolute atomic E-state index is 5.28. The molecule has 0 bridgehead atoms. The van der Waals surface area contributed by atoms with E-state index in [0.717, 1.165) is 17.9 Å². The summed E-state index contributed by atoms with van der Waals surface area (Å²) in [4.78, 5) is 9.61. The van der Waals surface area contributed by atoms with Gasteiger partial charge in [0.1, 0.15) is 5.82 Å². The van der Waals surface area contributed by atoms with Gasteiger partial charge in [0, 0.05) is 16.6 Å². The number of hydrogen-bond donors (Lipinski definition) is 3. The molecule has 2 aromatic rings. The van der Waals surface area contributed by atoms with Gasteiger partial charge in [-0.05, 0) is 30.9 Å². The fourth-order valence-corrected chi connectivity index (χ4v) is 2.29. The molecule has 0 aliphatic rings. The van der Waals surface area contributed by atoms with Gasteiger partial charge in [0.25, 0.3) is 0 Å². The van der Waals surface area contributed by atoms with Gasteiger partial charge in [-0.2, -0.15) is 4.98 Å². The number of anilines is 2. The van der Waals surface area contributed by atoms with Crippen LogP contribution in [0.1, 0.15) is 16.0 Å². The number of nitrogen functional groups attached to an aromatic ring is 1. The molecule has 2 rings (SSSR count). The Balaban J connectivity index is 2.11. The van der Waals surface area contributed by atoms with Gasteiger partial charge in [0.15, 0.2) is 0 Å². The fourth-order valence-electron chi connectivity index (χ4n) is 1.44. The van der Waals surface area contributed by atoms with Crippen LogP contribution in [0.4, 0.5) is 11.8 Å². The van der Waals surface area contributed by atoms with Crippen molar-refractivity contribution in [1.82, 2.24) is 9.97 Å². The molecule has 6 heteroatoms. The molecule has 90 valence electrons. The zero-order valence-corrected chi connectivity index (χ0v) is 10.6. The minimum absolute atomic E-state index is 0.418. The van der Waals surface area contributed by atoms with Gasteiger partial charge in [-0.1, -0.05) is 0 Å². The topological polar surface area (TPSA) is 75.9 Å². The minimum atomic E-state index is 0.418. The lowest BCUT2D eigenvalue weighted by atomic mass is 10.3. The lowest BCUT2D eigenvalue weighted by molar-refractivity contribution is 1.05. The summed E-state index contributed by atoms with van der Waals surface area (Å²) in [6.45, 7) is 4.84. The molecular weight excluding hydrogens is 234 g/mol. The molecule has 5 nitrogen and oxygen atoms in total. The highest BCUT2D eigenvalue weighted by atomic mass is 32.1. The van der Waals surface area contributed by atoms with Crippen molar-refractivity contribution < 1.29 is 0 Å². The quantitative estimate of drug-likeness (QED) is 0.571. The summed E-state index contributed by atoms with van der Waals surface area (Å²) in [5, 5.41) is 5.38. The summed E-state index contributed by atoms with van der Waals surface area (Å²) in [5.41, 5.74) is 4.74. The van der Waals surface area contributed by atoms with E-state index >= 15 is 0 Å². The molecule has 0 aromatic carbocycles. The van der Waals surface area contributed by atoms with E-state index in [1.54, 1.807) is 17.5 Å². The lowest BCUT2D eigenvalue weighted by Crippen LogP contribution is -2.12. The van der Waals surface area contributed by atoms with Crippen LogP contribution < -0.4 is 16.6 Å². The molecule has 0 radical (unpaired) electrons. The molecule has 0 unspecified atom stereocenters. The molecule has 4 N–H and O–H groups in total. The highest BCUT2D eigenvalue weighted by molar-refractivity contribution is 7.10. The second kappa shape index (κ2) is 5.11. The second-order valence-corrected chi connectivity index (χ2v) is 4.75. The average Bonchev–Trinajstić information content (AvgIpc) is 2.74. The molecule has 2 aromatic heterocycles. The third-order valence-corrected chi connectivity index (χ3v) is 3.51. The van der Waals surface area contributed by atoms with Crippen LogP contribution in [0, 0.1) is 13.8 Å². The third-order valence-electron chi connectivity index (χ3n) is 2.49. The van der Waals surface area contributed by atoms with Gasteiger partial charge in [-0.15, -0.1) is 11.3 Å². The van der Waals surface area contributed by atoms with Crippen molar-refractivity contribution >= 4 is 23.1 Å². The normalized spacial score (nSPS) is 10.3. The van der Waals surface area contributed by atoms with Crippen LogP contribution in [0.5, 0.6) is 0 Å². The van der Waals surface area contributed by atoms with Crippen LogP contribution >= 0.6 is 11.3 Å². The number of aromatic nitrogens is 2. The fraction of sp³-hybridized carbons (Fsp3) is 0.273. The second-order valence-electron chi connectivity index (χ2n) is 3.75. The van der Waals surface area contributed by atoms with E-state index in [-0.39, 0.29) is 0 Å². The highest BCUT2D eigenvalue weighted by Crippen LogP contribution is 2.18. The molecule has 0 fully saturated rings. The number of thiophene rings is 1. The minimum Gasteiger partial charge on any atom is -0.365 e. The van der Waals surface area contributed by atoms with Crippen LogP contribution in [0.3, 0.4) is 0 Å². The Labute approximate surface area is 104 Å². The Morgan fingerprint density at radius 3 is 2.82 bits per heavy atom. The predicted molar refractivity (Wildman–Crippen MR) is 71.0 cm³/mol.